The van der Waals surface area contributed by atoms with Crippen molar-refractivity contribution in [3.05, 3.63) is 80.3 Å². The molecular weight excluding hydrogens is 396 g/mol. The Hall–Kier alpha value is -2.80. The number of hydrogen-bond acceptors (Lipinski definition) is 5. The zero-order valence-corrected chi connectivity index (χ0v) is 16.7. The lowest BCUT2D eigenvalue weighted by atomic mass is 9.72. The molecule has 0 saturated carbocycles. The van der Waals surface area contributed by atoms with Gasteiger partial charge in [-0.3, -0.25) is 4.79 Å². The van der Waals surface area contributed by atoms with Crippen LogP contribution in [0.2, 0.25) is 0 Å². The molecule has 2 aliphatic rings. The van der Waals surface area contributed by atoms with Crippen LogP contribution in [0.3, 0.4) is 0 Å². The van der Waals surface area contributed by atoms with Crippen LogP contribution in [0.25, 0.3) is 0 Å². The van der Waals surface area contributed by atoms with Crippen LogP contribution in [-0.2, 0) is 14.3 Å². The number of Topliss-reactive ketones (excluding diaryl/α,β-unsaturated/α-hetero) is 1. The Labute approximate surface area is 170 Å². The number of halogens is 2. The lowest BCUT2D eigenvalue weighted by Crippen LogP contribution is -2.35. The minimum absolute atomic E-state index is 0.0480. The second-order valence-electron chi connectivity index (χ2n) is 7.20. The summed E-state index contributed by atoms with van der Waals surface area (Å²) >= 11 is 1.60. The fraction of sp³-hybridized carbons (Fsp3) is 0.273. The molecule has 1 aliphatic heterocycles. The highest BCUT2D eigenvalue weighted by Gasteiger charge is 2.41. The number of methoxy groups -OCH3 is 1. The van der Waals surface area contributed by atoms with E-state index in [1.54, 1.807) is 18.3 Å². The molecule has 1 aromatic heterocycles. The van der Waals surface area contributed by atoms with Crippen LogP contribution in [0.15, 0.2) is 58.3 Å². The van der Waals surface area contributed by atoms with Gasteiger partial charge in [0, 0.05) is 40.1 Å². The Balaban J connectivity index is 1.84. The van der Waals surface area contributed by atoms with E-state index in [-0.39, 0.29) is 17.3 Å². The second-order valence-corrected chi connectivity index (χ2v) is 8.18. The zero-order valence-electron chi connectivity index (χ0n) is 15.9. The monoisotopic (exact) mass is 415 g/mol. The van der Waals surface area contributed by atoms with Gasteiger partial charge in [0.05, 0.1) is 12.7 Å². The number of carbonyl (C=O) groups excluding carboxylic acids is 2. The van der Waals surface area contributed by atoms with E-state index in [0.29, 0.717) is 29.7 Å². The normalized spacial score (nSPS) is 21.7. The van der Waals surface area contributed by atoms with Crippen molar-refractivity contribution < 1.29 is 23.1 Å². The summed E-state index contributed by atoms with van der Waals surface area (Å²) in [4.78, 5) is 26.8. The summed E-state index contributed by atoms with van der Waals surface area (Å²) in [7, 11) is 1.25. The molecule has 4 rings (SSSR count). The summed E-state index contributed by atoms with van der Waals surface area (Å²) in [6.45, 7) is 1.72. The topological polar surface area (TPSA) is 55.4 Å². The van der Waals surface area contributed by atoms with Crippen molar-refractivity contribution >= 4 is 23.1 Å². The van der Waals surface area contributed by atoms with Gasteiger partial charge in [0.1, 0.15) is 0 Å². The van der Waals surface area contributed by atoms with Gasteiger partial charge in [-0.2, -0.15) is 0 Å². The van der Waals surface area contributed by atoms with E-state index in [1.165, 1.54) is 13.2 Å². The molecular formula is C22H19F2NO3S. The molecule has 2 aromatic rings. The molecule has 0 bridgehead atoms. The molecule has 1 aliphatic carbocycles. The van der Waals surface area contributed by atoms with Gasteiger partial charge >= 0.3 is 5.97 Å². The van der Waals surface area contributed by atoms with Gasteiger partial charge < -0.3 is 10.1 Å². The SMILES string of the molecule is COC(=O)C1=C(C)NC2=C(C(=O)C[C@@H](c3cccs3)C2)[C@H]1c1ccc(F)c(F)c1. The van der Waals surface area contributed by atoms with Crippen molar-refractivity contribution in [3.63, 3.8) is 0 Å². The summed E-state index contributed by atoms with van der Waals surface area (Å²) < 4.78 is 32.4. The average Bonchev–Trinajstić information content (AvgIpc) is 3.23. The number of benzene rings is 1. The van der Waals surface area contributed by atoms with Gasteiger partial charge in [-0.1, -0.05) is 12.1 Å². The molecule has 0 amide bonds. The maximum absolute atomic E-state index is 14.0. The van der Waals surface area contributed by atoms with Crippen LogP contribution in [0.5, 0.6) is 0 Å². The third-order valence-corrected chi connectivity index (χ3v) is 6.49. The first-order valence-corrected chi connectivity index (χ1v) is 10.1. The van der Waals surface area contributed by atoms with E-state index in [1.807, 2.05) is 17.5 Å². The third kappa shape index (κ3) is 3.40. The Morgan fingerprint density at radius 1 is 1.21 bits per heavy atom. The van der Waals surface area contributed by atoms with Crippen molar-refractivity contribution in [2.45, 2.75) is 31.6 Å². The standard InChI is InChI=1S/C22H19F2NO3S/c1-11-19(22(27)28-2)20(12-5-6-14(23)15(24)8-12)21-16(25-11)9-13(10-17(21)26)18-4-3-7-29-18/h3-8,13,20,25H,9-10H2,1-2H3/t13-,20-/m0/s1. The molecule has 1 aromatic carbocycles. The van der Waals surface area contributed by atoms with Gasteiger partial charge in [-0.05, 0) is 42.5 Å². The molecule has 0 fully saturated rings. The lowest BCUT2D eigenvalue weighted by molar-refractivity contribution is -0.136. The molecule has 2 heterocycles. The summed E-state index contributed by atoms with van der Waals surface area (Å²) in [5.74, 6) is -3.47. The number of rotatable bonds is 3. The predicted octanol–water partition coefficient (Wildman–Crippen LogP) is 4.56. The van der Waals surface area contributed by atoms with E-state index in [0.717, 1.165) is 22.7 Å². The molecule has 150 valence electrons. The van der Waals surface area contributed by atoms with Crippen LogP contribution in [-0.4, -0.2) is 18.9 Å². The van der Waals surface area contributed by atoms with Crippen molar-refractivity contribution in [3.8, 4) is 0 Å². The number of ether oxygens (including phenoxy) is 1. The van der Waals surface area contributed by atoms with Crippen molar-refractivity contribution in [2.24, 2.45) is 0 Å². The number of dihydropyridines is 1. The number of thiophene rings is 1. The van der Waals surface area contributed by atoms with E-state index in [2.05, 4.69) is 5.32 Å². The summed E-state index contributed by atoms with van der Waals surface area (Å²) in [6, 6.07) is 7.43. The van der Waals surface area contributed by atoms with Gasteiger partial charge in [-0.25, -0.2) is 13.6 Å². The van der Waals surface area contributed by atoms with Crippen LogP contribution in [0.1, 0.15) is 42.0 Å². The Bertz CT molecular complexity index is 1060. The van der Waals surface area contributed by atoms with E-state index in [9.17, 15) is 18.4 Å². The van der Waals surface area contributed by atoms with Crippen molar-refractivity contribution in [1.29, 1.82) is 0 Å². The summed E-state index contributed by atoms with van der Waals surface area (Å²) in [5.41, 5.74) is 2.28. The molecule has 4 nitrogen and oxygen atoms in total. The quantitative estimate of drug-likeness (QED) is 0.747. The third-order valence-electron chi connectivity index (χ3n) is 5.46. The Morgan fingerprint density at radius 2 is 2.00 bits per heavy atom. The number of nitrogens with one attached hydrogen (secondary N) is 1. The molecule has 0 radical (unpaired) electrons. The maximum Gasteiger partial charge on any atom is 0.336 e. The van der Waals surface area contributed by atoms with Crippen LogP contribution in [0.4, 0.5) is 8.78 Å². The minimum atomic E-state index is -1.02. The lowest BCUT2D eigenvalue weighted by Gasteiger charge is -2.36. The van der Waals surface area contributed by atoms with Gasteiger partial charge in [0.2, 0.25) is 0 Å². The van der Waals surface area contributed by atoms with E-state index >= 15 is 0 Å². The highest BCUT2D eigenvalue weighted by Crippen LogP contribution is 2.46. The smallest absolute Gasteiger partial charge is 0.336 e. The molecule has 29 heavy (non-hydrogen) atoms. The highest BCUT2D eigenvalue weighted by atomic mass is 32.1. The molecule has 0 spiro atoms. The summed E-state index contributed by atoms with van der Waals surface area (Å²) in [6.07, 6.45) is 0.905. The minimum Gasteiger partial charge on any atom is -0.466 e. The first kappa shape index (κ1) is 19.5. The van der Waals surface area contributed by atoms with E-state index in [4.69, 9.17) is 4.74 Å². The van der Waals surface area contributed by atoms with Crippen LogP contribution in [0, 0.1) is 11.6 Å². The van der Waals surface area contributed by atoms with Gasteiger partial charge in [0.15, 0.2) is 17.4 Å². The highest BCUT2D eigenvalue weighted by molar-refractivity contribution is 7.10. The largest absolute Gasteiger partial charge is 0.466 e. The maximum atomic E-state index is 14.0. The molecule has 0 saturated heterocycles. The van der Waals surface area contributed by atoms with Crippen LogP contribution >= 0.6 is 11.3 Å². The van der Waals surface area contributed by atoms with Gasteiger partial charge in [-0.15, -0.1) is 11.3 Å². The van der Waals surface area contributed by atoms with E-state index < -0.39 is 23.5 Å². The number of carbonyl (C=O) groups is 2. The van der Waals surface area contributed by atoms with Gasteiger partial charge in [0.25, 0.3) is 0 Å². The molecule has 0 unspecified atom stereocenters. The fourth-order valence-corrected chi connectivity index (χ4v) is 5.00. The first-order chi connectivity index (χ1) is 13.9. The molecule has 1 N–H and O–H groups in total. The zero-order chi connectivity index (χ0) is 20.7. The predicted molar refractivity (Wildman–Crippen MR) is 105 cm³/mol. The number of hydrogen-bond donors (Lipinski definition) is 1. The Morgan fingerprint density at radius 3 is 2.66 bits per heavy atom. The number of allylic oxidation sites excluding steroid dienone is 3. The second kappa shape index (κ2) is 7.55. The number of esters is 1. The van der Waals surface area contributed by atoms with Crippen molar-refractivity contribution in [2.75, 3.05) is 7.11 Å². The number of ketones is 1. The van der Waals surface area contributed by atoms with Crippen LogP contribution < -0.4 is 5.32 Å². The van der Waals surface area contributed by atoms with Crippen molar-refractivity contribution in [1.82, 2.24) is 5.32 Å². The first-order valence-electron chi connectivity index (χ1n) is 9.21. The molecule has 2 atom stereocenters. The fourth-order valence-electron chi connectivity index (χ4n) is 4.17. The molecule has 7 heteroatoms. The summed E-state index contributed by atoms with van der Waals surface area (Å²) in [5, 5.41) is 5.18. The Kier molecular flexibility index (Phi) is 5.08. The average molecular weight is 415 g/mol.